The number of aromatic nitrogens is 2. The number of hydrogen-bond acceptors (Lipinski definition) is 3. The smallest absolute Gasteiger partial charge is 0.153 e. The fraction of sp³-hybridized carbons (Fsp3) is 0.765. The van der Waals surface area contributed by atoms with Gasteiger partial charge in [0.1, 0.15) is 0 Å². The molecular weight excluding hydrogens is 262 g/mol. The molecule has 0 unspecified atom stereocenters. The van der Waals surface area contributed by atoms with E-state index in [4.69, 9.17) is 0 Å². The van der Waals surface area contributed by atoms with E-state index in [0.29, 0.717) is 12.2 Å². The molecule has 2 aliphatic rings. The zero-order chi connectivity index (χ0) is 14.7. The Kier molecular flexibility index (Phi) is 4.43. The lowest BCUT2D eigenvalue weighted by molar-refractivity contribution is -0.132. The van der Waals surface area contributed by atoms with E-state index >= 15 is 0 Å². The summed E-state index contributed by atoms with van der Waals surface area (Å²) < 4.78 is 1.88. The Bertz CT molecular complexity index is 482. The predicted octanol–water partition coefficient (Wildman–Crippen LogP) is 2.72. The van der Waals surface area contributed by atoms with Gasteiger partial charge in [-0.05, 0) is 51.3 Å². The fourth-order valence-electron chi connectivity index (χ4n) is 4.17. The molecule has 1 aliphatic heterocycles. The number of piperidine rings is 1. The van der Waals surface area contributed by atoms with Gasteiger partial charge >= 0.3 is 0 Å². The molecule has 0 spiro atoms. The highest BCUT2D eigenvalue weighted by atomic mass is 16.1. The lowest BCUT2D eigenvalue weighted by Crippen LogP contribution is -2.54. The Labute approximate surface area is 127 Å². The SMILES string of the molecule is Cn1nccc1CCC(=O)C1(N2CCCCC2)CCCC1. The number of aryl methyl sites for hydroxylation is 2. The molecule has 4 heteroatoms. The first kappa shape index (κ1) is 14.8. The molecule has 21 heavy (non-hydrogen) atoms. The van der Waals surface area contributed by atoms with Crippen LogP contribution in [0.1, 0.15) is 57.1 Å². The van der Waals surface area contributed by atoms with Crippen molar-refractivity contribution in [2.24, 2.45) is 7.05 Å². The summed E-state index contributed by atoms with van der Waals surface area (Å²) in [5.74, 6) is 0.475. The van der Waals surface area contributed by atoms with Gasteiger partial charge in [0.2, 0.25) is 0 Å². The van der Waals surface area contributed by atoms with Crippen molar-refractivity contribution >= 4 is 5.78 Å². The van der Waals surface area contributed by atoms with Crippen LogP contribution in [0.2, 0.25) is 0 Å². The summed E-state index contributed by atoms with van der Waals surface area (Å²) in [4.78, 5) is 15.5. The van der Waals surface area contributed by atoms with Crippen molar-refractivity contribution < 1.29 is 4.79 Å². The number of likely N-dealkylation sites (tertiary alicyclic amines) is 1. The van der Waals surface area contributed by atoms with E-state index in [2.05, 4.69) is 10.00 Å². The van der Waals surface area contributed by atoms with Crippen LogP contribution >= 0.6 is 0 Å². The fourth-order valence-corrected chi connectivity index (χ4v) is 4.17. The predicted molar refractivity (Wildman–Crippen MR) is 83.2 cm³/mol. The van der Waals surface area contributed by atoms with Crippen LogP contribution in [0.25, 0.3) is 0 Å². The quantitative estimate of drug-likeness (QED) is 0.836. The monoisotopic (exact) mass is 289 g/mol. The lowest BCUT2D eigenvalue weighted by Gasteiger charge is -2.42. The van der Waals surface area contributed by atoms with Crippen LogP contribution in [0.4, 0.5) is 0 Å². The summed E-state index contributed by atoms with van der Waals surface area (Å²) in [5.41, 5.74) is 1.04. The highest BCUT2D eigenvalue weighted by molar-refractivity contribution is 5.89. The Morgan fingerprint density at radius 2 is 1.90 bits per heavy atom. The molecule has 0 N–H and O–H groups in total. The topological polar surface area (TPSA) is 38.1 Å². The van der Waals surface area contributed by atoms with Gasteiger partial charge in [-0.2, -0.15) is 5.10 Å². The first-order valence-electron chi connectivity index (χ1n) is 8.48. The van der Waals surface area contributed by atoms with E-state index in [1.165, 1.54) is 32.1 Å². The maximum absolute atomic E-state index is 13.0. The second kappa shape index (κ2) is 6.30. The molecule has 4 nitrogen and oxygen atoms in total. The average Bonchev–Trinajstić information content (AvgIpc) is 3.16. The van der Waals surface area contributed by atoms with Gasteiger partial charge in [0.05, 0.1) is 5.54 Å². The molecule has 1 saturated heterocycles. The molecule has 0 bridgehead atoms. The number of hydrogen-bond donors (Lipinski definition) is 0. The molecule has 1 aromatic heterocycles. The van der Waals surface area contributed by atoms with Gasteiger partial charge in [0.25, 0.3) is 0 Å². The van der Waals surface area contributed by atoms with E-state index in [1.807, 2.05) is 24.0 Å². The van der Waals surface area contributed by atoms with Gasteiger partial charge in [-0.1, -0.05) is 19.3 Å². The Balaban J connectivity index is 1.68. The van der Waals surface area contributed by atoms with Crippen LogP contribution < -0.4 is 0 Å². The van der Waals surface area contributed by atoms with Gasteiger partial charge in [-0.15, -0.1) is 0 Å². The second-order valence-corrected chi connectivity index (χ2v) is 6.66. The Morgan fingerprint density at radius 3 is 2.52 bits per heavy atom. The molecule has 116 valence electrons. The number of nitrogens with zero attached hydrogens (tertiary/aromatic N) is 3. The van der Waals surface area contributed by atoms with E-state index in [0.717, 1.165) is 38.0 Å². The summed E-state index contributed by atoms with van der Waals surface area (Å²) in [6.45, 7) is 2.24. The van der Waals surface area contributed by atoms with Gasteiger partial charge < -0.3 is 0 Å². The molecule has 0 atom stereocenters. The van der Waals surface area contributed by atoms with Crippen LogP contribution in [0.5, 0.6) is 0 Å². The number of Topliss-reactive ketones (excluding diaryl/α,β-unsaturated/α-hetero) is 1. The van der Waals surface area contributed by atoms with E-state index in [9.17, 15) is 4.79 Å². The first-order valence-corrected chi connectivity index (χ1v) is 8.48. The third-order valence-electron chi connectivity index (χ3n) is 5.44. The van der Waals surface area contributed by atoms with Gasteiger partial charge in [-0.3, -0.25) is 14.4 Å². The second-order valence-electron chi connectivity index (χ2n) is 6.66. The molecule has 2 fully saturated rings. The minimum Gasteiger partial charge on any atom is -0.298 e. The summed E-state index contributed by atoms with van der Waals surface area (Å²) in [6.07, 6.45) is 11.7. The van der Waals surface area contributed by atoms with Crippen molar-refractivity contribution in [3.63, 3.8) is 0 Å². The molecule has 0 amide bonds. The standard InChI is InChI=1S/C17H27N3O/c1-19-15(9-12-18-19)7-8-16(21)17(10-3-4-11-17)20-13-5-2-6-14-20/h9,12H,2-8,10-11,13-14H2,1H3. The summed E-state index contributed by atoms with van der Waals surface area (Å²) in [6, 6.07) is 2.02. The minimum atomic E-state index is -0.126. The largest absolute Gasteiger partial charge is 0.298 e. The van der Waals surface area contributed by atoms with Crippen molar-refractivity contribution in [2.75, 3.05) is 13.1 Å². The van der Waals surface area contributed by atoms with Crippen molar-refractivity contribution in [1.29, 1.82) is 0 Å². The Hall–Kier alpha value is -1.16. The van der Waals surface area contributed by atoms with Gasteiger partial charge in [0.15, 0.2) is 5.78 Å². The number of rotatable bonds is 5. The highest BCUT2D eigenvalue weighted by Gasteiger charge is 2.45. The van der Waals surface area contributed by atoms with Crippen molar-refractivity contribution in [1.82, 2.24) is 14.7 Å². The highest BCUT2D eigenvalue weighted by Crippen LogP contribution is 2.38. The normalized spacial score (nSPS) is 22.5. The van der Waals surface area contributed by atoms with Crippen LogP contribution in [-0.2, 0) is 18.3 Å². The average molecular weight is 289 g/mol. The molecule has 0 aromatic carbocycles. The number of carbonyl (C=O) groups excluding carboxylic acids is 1. The zero-order valence-corrected chi connectivity index (χ0v) is 13.2. The van der Waals surface area contributed by atoms with Gasteiger partial charge in [0, 0.05) is 25.4 Å². The molecule has 2 heterocycles. The third-order valence-corrected chi connectivity index (χ3v) is 5.44. The molecular formula is C17H27N3O. The molecule has 1 aromatic rings. The van der Waals surface area contributed by atoms with E-state index in [-0.39, 0.29) is 5.54 Å². The van der Waals surface area contributed by atoms with E-state index < -0.39 is 0 Å². The molecule has 3 rings (SSSR count). The summed E-state index contributed by atoms with van der Waals surface area (Å²) >= 11 is 0. The van der Waals surface area contributed by atoms with Crippen molar-refractivity contribution in [3.05, 3.63) is 18.0 Å². The third kappa shape index (κ3) is 2.91. The number of ketones is 1. The van der Waals surface area contributed by atoms with Crippen molar-refractivity contribution in [2.45, 2.75) is 63.3 Å². The summed E-state index contributed by atoms with van der Waals surface area (Å²) in [5, 5.41) is 4.19. The van der Waals surface area contributed by atoms with Crippen molar-refractivity contribution in [3.8, 4) is 0 Å². The molecule has 0 radical (unpaired) electrons. The zero-order valence-electron chi connectivity index (χ0n) is 13.2. The van der Waals surface area contributed by atoms with E-state index in [1.54, 1.807) is 0 Å². The van der Waals surface area contributed by atoms with Crippen LogP contribution in [0.3, 0.4) is 0 Å². The summed E-state index contributed by atoms with van der Waals surface area (Å²) in [7, 11) is 1.95. The van der Waals surface area contributed by atoms with Crippen LogP contribution in [0.15, 0.2) is 12.3 Å². The Morgan fingerprint density at radius 1 is 1.19 bits per heavy atom. The maximum Gasteiger partial charge on any atom is 0.153 e. The molecule has 1 saturated carbocycles. The maximum atomic E-state index is 13.0. The van der Waals surface area contributed by atoms with Gasteiger partial charge in [-0.25, -0.2) is 0 Å². The minimum absolute atomic E-state index is 0.126. The first-order chi connectivity index (χ1) is 10.2. The lowest BCUT2D eigenvalue weighted by atomic mass is 9.85. The molecule has 1 aliphatic carbocycles. The van der Waals surface area contributed by atoms with Crippen LogP contribution in [-0.4, -0.2) is 39.1 Å². The van der Waals surface area contributed by atoms with Crippen LogP contribution in [0, 0.1) is 0 Å². The number of carbonyl (C=O) groups is 1.